The summed E-state index contributed by atoms with van der Waals surface area (Å²) >= 11 is 0. The van der Waals surface area contributed by atoms with E-state index in [1.165, 1.54) is 13.4 Å². The molecular weight excluding hydrogens is 409 g/mol. The summed E-state index contributed by atoms with van der Waals surface area (Å²) in [6.45, 7) is 0. The number of ether oxygens (including phenoxy) is 4. The lowest BCUT2D eigenvalue weighted by Gasteiger charge is -2.20. The van der Waals surface area contributed by atoms with Crippen LogP contribution in [0.2, 0.25) is 0 Å². The minimum atomic E-state index is -0.736. The second-order valence-corrected chi connectivity index (χ2v) is 7.37. The molecule has 1 aliphatic rings. The van der Waals surface area contributed by atoms with Crippen LogP contribution in [0, 0.1) is 0 Å². The number of methoxy groups -OCH3 is 3. The van der Waals surface area contributed by atoms with E-state index < -0.39 is 12.2 Å². The topological polar surface area (TPSA) is 84.7 Å². The van der Waals surface area contributed by atoms with Crippen LogP contribution in [0.1, 0.15) is 23.7 Å². The van der Waals surface area contributed by atoms with Gasteiger partial charge in [-0.3, -0.25) is 4.79 Å². The number of rotatable bonds is 8. The molecule has 0 spiro atoms. The van der Waals surface area contributed by atoms with Gasteiger partial charge in [0.05, 0.1) is 19.9 Å². The molecule has 3 aromatic rings. The van der Waals surface area contributed by atoms with Crippen molar-refractivity contribution < 1.29 is 23.7 Å². The molecule has 0 aliphatic carbocycles. The lowest BCUT2D eigenvalue weighted by molar-refractivity contribution is -0.136. The Balaban J connectivity index is 1.50. The van der Waals surface area contributed by atoms with Crippen molar-refractivity contribution in [3.8, 4) is 17.2 Å². The van der Waals surface area contributed by atoms with Crippen LogP contribution in [0.15, 0.2) is 55.1 Å². The average Bonchev–Trinajstić information content (AvgIpc) is 3.53. The molecule has 0 saturated heterocycles. The van der Waals surface area contributed by atoms with Gasteiger partial charge in [0.15, 0.2) is 6.10 Å². The fourth-order valence-corrected chi connectivity index (χ4v) is 3.78. The van der Waals surface area contributed by atoms with Gasteiger partial charge in [-0.1, -0.05) is 12.1 Å². The summed E-state index contributed by atoms with van der Waals surface area (Å²) in [5.74, 6) is 1.87. The van der Waals surface area contributed by atoms with Gasteiger partial charge in [-0.2, -0.15) is 5.10 Å². The van der Waals surface area contributed by atoms with E-state index in [-0.39, 0.29) is 5.78 Å². The number of hydrogen-bond donors (Lipinski definition) is 0. The number of nitrogens with zero attached hydrogens (tertiary/aromatic N) is 3. The van der Waals surface area contributed by atoms with Crippen LogP contribution in [0.25, 0.3) is 11.4 Å². The maximum Gasteiger partial charge on any atom is 0.206 e. The number of hydrogen-bond acceptors (Lipinski definition) is 7. The second kappa shape index (κ2) is 9.27. The number of benzene rings is 2. The molecule has 164 valence electrons. The van der Waals surface area contributed by atoms with Crippen LogP contribution in [0.5, 0.6) is 11.5 Å². The Labute approximate surface area is 187 Å². The lowest BCUT2D eigenvalue weighted by Crippen LogP contribution is -2.27. The molecule has 2 atom stereocenters. The van der Waals surface area contributed by atoms with Crippen molar-refractivity contribution >= 4 is 24.9 Å². The van der Waals surface area contributed by atoms with Crippen molar-refractivity contribution in [2.75, 3.05) is 21.3 Å². The van der Waals surface area contributed by atoms with Gasteiger partial charge in [-0.25, -0.2) is 9.67 Å². The number of aromatic nitrogens is 3. The first kappa shape index (κ1) is 21.6. The van der Waals surface area contributed by atoms with E-state index in [0.717, 1.165) is 22.3 Å². The first-order chi connectivity index (χ1) is 15.5. The van der Waals surface area contributed by atoms with Crippen LogP contribution < -0.4 is 14.9 Å². The van der Waals surface area contributed by atoms with Crippen molar-refractivity contribution in [1.29, 1.82) is 0 Å². The van der Waals surface area contributed by atoms with E-state index >= 15 is 0 Å². The zero-order valence-corrected chi connectivity index (χ0v) is 18.4. The van der Waals surface area contributed by atoms with Crippen LogP contribution in [-0.4, -0.2) is 55.8 Å². The minimum absolute atomic E-state index is 0.140. The summed E-state index contributed by atoms with van der Waals surface area (Å²) in [4.78, 5) is 17.2. The van der Waals surface area contributed by atoms with Gasteiger partial charge in [0.2, 0.25) is 5.78 Å². The largest absolute Gasteiger partial charge is 0.497 e. The van der Waals surface area contributed by atoms with Gasteiger partial charge >= 0.3 is 0 Å². The molecule has 2 aromatic carbocycles. The Morgan fingerprint density at radius 3 is 2.41 bits per heavy atom. The first-order valence-electron chi connectivity index (χ1n) is 10.2. The molecule has 0 bridgehead atoms. The molecule has 9 heteroatoms. The van der Waals surface area contributed by atoms with Crippen LogP contribution in [0.3, 0.4) is 0 Å². The van der Waals surface area contributed by atoms with Crippen LogP contribution in [0.4, 0.5) is 0 Å². The first-order valence-corrected chi connectivity index (χ1v) is 10.2. The highest BCUT2D eigenvalue weighted by Gasteiger charge is 2.33. The van der Waals surface area contributed by atoms with E-state index in [4.69, 9.17) is 18.9 Å². The maximum atomic E-state index is 13.2. The summed E-state index contributed by atoms with van der Waals surface area (Å²) in [5.41, 5.74) is 3.29. The molecule has 2 unspecified atom stereocenters. The summed E-state index contributed by atoms with van der Waals surface area (Å²) < 4.78 is 24.1. The molecule has 1 aromatic heterocycles. The van der Waals surface area contributed by atoms with Crippen molar-refractivity contribution in [2.45, 2.75) is 18.6 Å². The highest BCUT2D eigenvalue weighted by Crippen LogP contribution is 2.33. The fraction of sp³-hybridized carbons (Fsp3) is 0.261. The molecule has 4 rings (SSSR count). The standard InChI is InChI=1S/C23H24BN3O5/c1-29-19-10-15(11-20(30-2)21(19)24)17-8-9-18(32-17)22(28)23(31-3)14-4-6-16(7-5-14)27-13-25-12-26-27/h4-8,10-13,18,23H,9,24H2,1-3H3. The summed E-state index contributed by atoms with van der Waals surface area (Å²) in [5, 5.41) is 4.11. The van der Waals surface area contributed by atoms with E-state index in [1.807, 2.05) is 50.3 Å². The summed E-state index contributed by atoms with van der Waals surface area (Å²) in [6, 6.07) is 11.2. The van der Waals surface area contributed by atoms with Crippen LogP contribution in [-0.2, 0) is 14.3 Å². The van der Waals surface area contributed by atoms with Gasteiger partial charge in [-0.05, 0) is 41.4 Å². The third-order valence-corrected chi connectivity index (χ3v) is 5.51. The monoisotopic (exact) mass is 433 g/mol. The Morgan fingerprint density at radius 1 is 1.16 bits per heavy atom. The normalized spacial score (nSPS) is 16.2. The van der Waals surface area contributed by atoms with Gasteiger partial charge in [-0.15, -0.1) is 0 Å². The summed E-state index contributed by atoms with van der Waals surface area (Å²) in [7, 11) is 6.67. The molecule has 8 nitrogen and oxygen atoms in total. The second-order valence-electron chi connectivity index (χ2n) is 7.37. The van der Waals surface area contributed by atoms with Crippen molar-refractivity contribution in [3.63, 3.8) is 0 Å². The predicted octanol–water partition coefficient (Wildman–Crippen LogP) is 1.63. The average molecular weight is 433 g/mol. The van der Waals surface area contributed by atoms with E-state index in [0.29, 0.717) is 23.7 Å². The molecule has 0 N–H and O–H groups in total. The van der Waals surface area contributed by atoms with Crippen molar-refractivity contribution in [2.24, 2.45) is 0 Å². The molecular formula is C23H24BN3O5. The third-order valence-electron chi connectivity index (χ3n) is 5.51. The zero-order valence-electron chi connectivity index (χ0n) is 18.4. The molecule has 0 amide bonds. The Bertz CT molecular complexity index is 1100. The molecule has 0 radical (unpaired) electrons. The molecule has 32 heavy (non-hydrogen) atoms. The van der Waals surface area contributed by atoms with Gasteiger partial charge in [0, 0.05) is 19.1 Å². The lowest BCUT2D eigenvalue weighted by atomic mass is 9.92. The summed E-state index contributed by atoms with van der Waals surface area (Å²) in [6.07, 6.45) is 4.08. The molecule has 2 heterocycles. The number of carbonyl (C=O) groups excluding carboxylic acids is 1. The van der Waals surface area contributed by atoms with Gasteiger partial charge in [0.25, 0.3) is 0 Å². The number of carbonyl (C=O) groups is 1. The molecule has 0 saturated carbocycles. The smallest absolute Gasteiger partial charge is 0.206 e. The van der Waals surface area contributed by atoms with E-state index in [2.05, 4.69) is 10.1 Å². The van der Waals surface area contributed by atoms with Crippen LogP contribution >= 0.6 is 0 Å². The highest BCUT2D eigenvalue weighted by molar-refractivity contribution is 6.36. The zero-order chi connectivity index (χ0) is 22.7. The molecule has 1 aliphatic heterocycles. The van der Waals surface area contributed by atoms with Crippen molar-refractivity contribution in [3.05, 3.63) is 66.3 Å². The van der Waals surface area contributed by atoms with E-state index in [9.17, 15) is 4.79 Å². The SMILES string of the molecule is Bc1c(OC)cc(C2=CCC(C(=O)C(OC)c3ccc(-n4cncn4)cc3)O2)cc1OC. The van der Waals surface area contributed by atoms with E-state index in [1.54, 1.807) is 25.2 Å². The van der Waals surface area contributed by atoms with Gasteiger partial charge < -0.3 is 18.9 Å². The number of ketones is 1. The Morgan fingerprint density at radius 2 is 1.84 bits per heavy atom. The minimum Gasteiger partial charge on any atom is -0.497 e. The third kappa shape index (κ3) is 4.11. The van der Waals surface area contributed by atoms with Gasteiger partial charge in [0.1, 0.15) is 43.9 Å². The van der Waals surface area contributed by atoms with Crippen molar-refractivity contribution in [1.82, 2.24) is 14.8 Å². The predicted molar refractivity (Wildman–Crippen MR) is 121 cm³/mol. The quantitative estimate of drug-likeness (QED) is 0.500. The number of Topliss-reactive ketones (excluding diaryl/α,β-unsaturated/α-hetero) is 1. The highest BCUT2D eigenvalue weighted by atomic mass is 16.5. The molecule has 0 fully saturated rings. The maximum absolute atomic E-state index is 13.2. The fourth-order valence-electron chi connectivity index (χ4n) is 3.78. The Hall–Kier alpha value is -3.59. The Kier molecular flexibility index (Phi) is 6.27.